The lowest BCUT2D eigenvalue weighted by molar-refractivity contribution is -0.119. The lowest BCUT2D eigenvalue weighted by atomic mass is 10.2. The number of amides is 1. The van der Waals surface area contributed by atoms with E-state index < -0.39 is 11.9 Å². The Balaban J connectivity index is 1.87. The van der Waals surface area contributed by atoms with Crippen molar-refractivity contribution in [2.24, 2.45) is 0 Å². The summed E-state index contributed by atoms with van der Waals surface area (Å²) in [5.74, 6) is -0.399. The fraction of sp³-hybridized carbons (Fsp3) is 0.125. The molecule has 5 nitrogen and oxygen atoms in total. The first-order valence-corrected chi connectivity index (χ1v) is 6.83. The van der Waals surface area contributed by atoms with Crippen LogP contribution in [0.2, 0.25) is 5.02 Å². The maximum atomic E-state index is 11.8. The summed E-state index contributed by atoms with van der Waals surface area (Å²) < 4.78 is 9.99. The predicted molar refractivity (Wildman–Crippen MR) is 83.4 cm³/mol. The van der Waals surface area contributed by atoms with E-state index in [0.29, 0.717) is 22.0 Å². The van der Waals surface area contributed by atoms with Gasteiger partial charge < -0.3 is 14.8 Å². The van der Waals surface area contributed by atoms with Crippen LogP contribution in [-0.2, 0) is 9.53 Å². The highest BCUT2D eigenvalue weighted by Crippen LogP contribution is 2.16. The number of methoxy groups -OCH3 is 1. The molecule has 0 aliphatic carbocycles. The van der Waals surface area contributed by atoms with Gasteiger partial charge in [0.15, 0.2) is 6.61 Å². The van der Waals surface area contributed by atoms with Crippen LogP contribution in [0, 0.1) is 0 Å². The average Bonchev–Trinajstić information content (AvgIpc) is 2.53. The van der Waals surface area contributed by atoms with Crippen molar-refractivity contribution in [3.63, 3.8) is 0 Å². The highest BCUT2D eigenvalue weighted by Gasteiger charge is 2.10. The molecular formula is C16H14ClNO4. The van der Waals surface area contributed by atoms with Crippen molar-refractivity contribution in [1.82, 2.24) is 0 Å². The van der Waals surface area contributed by atoms with Crippen molar-refractivity contribution in [2.75, 3.05) is 19.0 Å². The molecule has 0 aliphatic heterocycles. The summed E-state index contributed by atoms with van der Waals surface area (Å²) in [6.45, 7) is -0.376. The van der Waals surface area contributed by atoms with Crippen LogP contribution in [0.3, 0.4) is 0 Å². The third-order valence-corrected chi connectivity index (χ3v) is 3.02. The largest absolute Gasteiger partial charge is 0.497 e. The van der Waals surface area contributed by atoms with Gasteiger partial charge in [-0.15, -0.1) is 0 Å². The van der Waals surface area contributed by atoms with Gasteiger partial charge in [0.2, 0.25) is 0 Å². The Bertz CT molecular complexity index is 670. The van der Waals surface area contributed by atoms with Crippen molar-refractivity contribution in [3.05, 3.63) is 59.1 Å². The second kappa shape index (κ2) is 7.47. The molecule has 114 valence electrons. The molecule has 0 saturated heterocycles. The van der Waals surface area contributed by atoms with Crippen LogP contribution in [0.5, 0.6) is 5.75 Å². The number of hydrogen-bond donors (Lipinski definition) is 1. The number of carbonyl (C=O) groups is 2. The molecule has 0 bridgehead atoms. The first-order valence-electron chi connectivity index (χ1n) is 6.45. The summed E-state index contributed by atoms with van der Waals surface area (Å²) in [4.78, 5) is 23.5. The number of esters is 1. The van der Waals surface area contributed by atoms with Crippen LogP contribution in [0.1, 0.15) is 10.4 Å². The van der Waals surface area contributed by atoms with Crippen molar-refractivity contribution in [1.29, 1.82) is 0 Å². The zero-order valence-electron chi connectivity index (χ0n) is 11.8. The summed E-state index contributed by atoms with van der Waals surface area (Å²) in [7, 11) is 1.54. The van der Waals surface area contributed by atoms with Crippen LogP contribution < -0.4 is 10.1 Å². The van der Waals surface area contributed by atoms with Gasteiger partial charge >= 0.3 is 5.97 Å². The van der Waals surface area contributed by atoms with Crippen LogP contribution in [0.4, 0.5) is 5.69 Å². The van der Waals surface area contributed by atoms with Crippen LogP contribution >= 0.6 is 11.6 Å². The molecule has 0 fully saturated rings. The topological polar surface area (TPSA) is 64.6 Å². The first-order chi connectivity index (χ1) is 10.6. The second-order valence-electron chi connectivity index (χ2n) is 4.36. The van der Waals surface area contributed by atoms with E-state index in [1.807, 2.05) is 0 Å². The molecule has 0 saturated carbocycles. The van der Waals surface area contributed by atoms with Crippen LogP contribution in [0.25, 0.3) is 0 Å². The average molecular weight is 320 g/mol. The molecule has 22 heavy (non-hydrogen) atoms. The molecule has 6 heteroatoms. The lowest BCUT2D eigenvalue weighted by Gasteiger charge is -2.08. The highest BCUT2D eigenvalue weighted by atomic mass is 35.5. The van der Waals surface area contributed by atoms with Gasteiger partial charge in [-0.25, -0.2) is 4.79 Å². The standard InChI is InChI=1S/C16H14ClNO4/c1-21-14-4-2-3-13(9-14)18-15(19)10-22-16(20)11-5-7-12(17)8-6-11/h2-9H,10H2,1H3,(H,18,19). The number of anilines is 1. The molecule has 2 aromatic carbocycles. The number of hydrogen-bond acceptors (Lipinski definition) is 4. The van der Waals surface area contributed by atoms with Crippen molar-refractivity contribution < 1.29 is 19.1 Å². The third-order valence-electron chi connectivity index (χ3n) is 2.77. The Morgan fingerprint density at radius 3 is 2.55 bits per heavy atom. The zero-order chi connectivity index (χ0) is 15.9. The Hall–Kier alpha value is -2.53. The molecule has 0 aromatic heterocycles. The fourth-order valence-corrected chi connectivity index (χ4v) is 1.82. The SMILES string of the molecule is COc1cccc(NC(=O)COC(=O)c2ccc(Cl)cc2)c1. The minimum absolute atomic E-state index is 0.332. The number of halogens is 1. The molecule has 0 atom stereocenters. The van der Waals surface area contributed by atoms with E-state index in [4.69, 9.17) is 21.1 Å². The first kappa shape index (κ1) is 15.9. The van der Waals surface area contributed by atoms with E-state index >= 15 is 0 Å². The molecule has 1 N–H and O–H groups in total. The predicted octanol–water partition coefficient (Wildman–Crippen LogP) is 3.14. The Morgan fingerprint density at radius 1 is 1.14 bits per heavy atom. The summed E-state index contributed by atoms with van der Waals surface area (Å²) >= 11 is 5.73. The van der Waals surface area contributed by atoms with Crippen molar-refractivity contribution >= 4 is 29.2 Å². The van der Waals surface area contributed by atoms with Gasteiger partial charge in [0.25, 0.3) is 5.91 Å². The minimum Gasteiger partial charge on any atom is -0.497 e. The van der Waals surface area contributed by atoms with E-state index in [9.17, 15) is 9.59 Å². The Labute approximate surface area is 132 Å². The zero-order valence-corrected chi connectivity index (χ0v) is 12.6. The molecule has 0 heterocycles. The molecule has 0 unspecified atom stereocenters. The number of carbonyl (C=O) groups excluding carboxylic acids is 2. The summed E-state index contributed by atoms with van der Waals surface area (Å²) in [6.07, 6.45) is 0. The van der Waals surface area contributed by atoms with Gasteiger partial charge in [0, 0.05) is 16.8 Å². The Morgan fingerprint density at radius 2 is 1.86 bits per heavy atom. The Kier molecular flexibility index (Phi) is 5.38. The molecule has 0 radical (unpaired) electrons. The molecule has 0 aliphatic rings. The maximum Gasteiger partial charge on any atom is 0.338 e. The monoisotopic (exact) mass is 319 g/mol. The number of ether oxygens (including phenoxy) is 2. The highest BCUT2D eigenvalue weighted by molar-refractivity contribution is 6.30. The smallest absolute Gasteiger partial charge is 0.338 e. The van der Waals surface area contributed by atoms with Gasteiger partial charge in [0.05, 0.1) is 12.7 Å². The summed E-state index contributed by atoms with van der Waals surface area (Å²) in [6, 6.07) is 13.1. The molecule has 2 rings (SSSR count). The van der Waals surface area contributed by atoms with E-state index in [1.54, 1.807) is 36.4 Å². The fourth-order valence-electron chi connectivity index (χ4n) is 1.70. The van der Waals surface area contributed by atoms with Gasteiger partial charge in [-0.3, -0.25) is 4.79 Å². The van der Waals surface area contributed by atoms with Crippen molar-refractivity contribution in [3.8, 4) is 5.75 Å². The summed E-state index contributed by atoms with van der Waals surface area (Å²) in [5, 5.41) is 3.14. The lowest BCUT2D eigenvalue weighted by Crippen LogP contribution is -2.20. The third kappa shape index (κ3) is 4.49. The maximum absolute atomic E-state index is 11.8. The molecule has 0 spiro atoms. The number of rotatable bonds is 5. The summed E-state index contributed by atoms with van der Waals surface area (Å²) in [5.41, 5.74) is 0.894. The second-order valence-corrected chi connectivity index (χ2v) is 4.80. The van der Waals surface area contributed by atoms with Gasteiger partial charge in [-0.1, -0.05) is 17.7 Å². The van der Waals surface area contributed by atoms with Gasteiger partial charge in [-0.05, 0) is 36.4 Å². The van der Waals surface area contributed by atoms with E-state index in [-0.39, 0.29) is 6.61 Å². The molecular weight excluding hydrogens is 306 g/mol. The quantitative estimate of drug-likeness (QED) is 0.860. The van der Waals surface area contributed by atoms with E-state index in [2.05, 4.69) is 5.32 Å². The van der Waals surface area contributed by atoms with E-state index in [0.717, 1.165) is 0 Å². The van der Waals surface area contributed by atoms with E-state index in [1.165, 1.54) is 19.2 Å². The minimum atomic E-state index is -0.586. The van der Waals surface area contributed by atoms with Gasteiger partial charge in [0.1, 0.15) is 5.75 Å². The number of benzene rings is 2. The molecule has 1 amide bonds. The number of nitrogens with one attached hydrogen (secondary N) is 1. The van der Waals surface area contributed by atoms with Crippen LogP contribution in [0.15, 0.2) is 48.5 Å². The van der Waals surface area contributed by atoms with Crippen LogP contribution in [-0.4, -0.2) is 25.6 Å². The van der Waals surface area contributed by atoms with Gasteiger partial charge in [-0.2, -0.15) is 0 Å². The molecule has 2 aromatic rings. The normalized spacial score (nSPS) is 9.91. The van der Waals surface area contributed by atoms with Crippen molar-refractivity contribution in [2.45, 2.75) is 0 Å².